The summed E-state index contributed by atoms with van der Waals surface area (Å²) in [4.78, 5) is 18.5. The SMILES string of the molecule is COC1(c2ccnc(C(N)=O)c2)C(C)CCCC1CN(C)C1CC(c2ccccc2)C1. The topological polar surface area (TPSA) is 68.5 Å². The molecule has 0 radical (unpaired) electrons. The van der Waals surface area contributed by atoms with E-state index in [1.165, 1.54) is 24.8 Å². The molecule has 3 atom stereocenters. The average Bonchev–Trinajstić information content (AvgIpc) is 2.74. The standard InChI is InChI=1S/C26H35N3O2/c1-18-8-7-11-22(26(18,31-3)21-12-13-28-24(16-21)25(27)30)17-29(2)23-14-20(15-23)19-9-5-4-6-10-19/h4-6,9-10,12-13,16,18,20,22-23H,7-8,11,14-15,17H2,1-3H3,(H2,27,30). The number of benzene rings is 1. The normalized spacial score (nSPS) is 30.7. The van der Waals surface area contributed by atoms with Crippen molar-refractivity contribution in [1.29, 1.82) is 0 Å². The van der Waals surface area contributed by atoms with Crippen LogP contribution in [-0.4, -0.2) is 42.5 Å². The van der Waals surface area contributed by atoms with Crippen LogP contribution in [0.15, 0.2) is 48.7 Å². The molecule has 166 valence electrons. The summed E-state index contributed by atoms with van der Waals surface area (Å²) in [5.74, 6) is 0.882. The molecule has 4 rings (SSSR count). The van der Waals surface area contributed by atoms with Gasteiger partial charge in [0.25, 0.3) is 5.91 Å². The first-order valence-electron chi connectivity index (χ1n) is 11.5. The molecular formula is C26H35N3O2. The van der Waals surface area contributed by atoms with Gasteiger partial charge in [0.1, 0.15) is 5.69 Å². The summed E-state index contributed by atoms with van der Waals surface area (Å²) in [5.41, 5.74) is 7.89. The van der Waals surface area contributed by atoms with Gasteiger partial charge in [-0.25, -0.2) is 0 Å². The predicted octanol–water partition coefficient (Wildman–Crippen LogP) is 4.34. The number of rotatable bonds is 7. The second-order valence-corrected chi connectivity index (χ2v) is 9.49. The first-order chi connectivity index (χ1) is 15.0. The number of carbonyl (C=O) groups excluding carboxylic acids is 1. The molecule has 2 fully saturated rings. The van der Waals surface area contributed by atoms with Crippen LogP contribution in [-0.2, 0) is 10.3 Å². The molecule has 0 saturated heterocycles. The number of ether oxygens (including phenoxy) is 1. The number of amides is 1. The van der Waals surface area contributed by atoms with E-state index in [-0.39, 0.29) is 0 Å². The number of pyridine rings is 1. The number of carbonyl (C=O) groups is 1. The third-order valence-corrected chi connectivity index (χ3v) is 7.85. The zero-order valence-corrected chi connectivity index (χ0v) is 19.0. The number of nitrogens with two attached hydrogens (primary N) is 1. The number of aromatic nitrogens is 1. The minimum atomic E-state index is -0.494. The zero-order chi connectivity index (χ0) is 22.0. The highest BCUT2D eigenvalue weighted by molar-refractivity contribution is 5.90. The molecule has 1 aromatic heterocycles. The molecule has 2 aliphatic rings. The molecule has 1 heterocycles. The Kier molecular flexibility index (Phi) is 6.44. The van der Waals surface area contributed by atoms with Crippen LogP contribution in [0.5, 0.6) is 0 Å². The minimum absolute atomic E-state index is 0.309. The van der Waals surface area contributed by atoms with E-state index in [2.05, 4.69) is 54.2 Å². The Morgan fingerprint density at radius 1 is 1.23 bits per heavy atom. The van der Waals surface area contributed by atoms with E-state index >= 15 is 0 Å². The van der Waals surface area contributed by atoms with Gasteiger partial charge in [-0.1, -0.05) is 43.7 Å². The maximum absolute atomic E-state index is 11.8. The van der Waals surface area contributed by atoms with Gasteiger partial charge in [0.2, 0.25) is 0 Å². The maximum atomic E-state index is 11.8. The highest BCUT2D eigenvalue weighted by atomic mass is 16.5. The Morgan fingerprint density at radius 3 is 2.65 bits per heavy atom. The van der Waals surface area contributed by atoms with Gasteiger partial charge in [-0.15, -0.1) is 0 Å². The highest BCUT2D eigenvalue weighted by Crippen LogP contribution is 2.49. The monoisotopic (exact) mass is 421 g/mol. The molecule has 0 spiro atoms. The fourth-order valence-electron chi connectivity index (χ4n) is 5.98. The van der Waals surface area contributed by atoms with E-state index in [0.717, 1.165) is 24.9 Å². The summed E-state index contributed by atoms with van der Waals surface area (Å²) in [7, 11) is 4.07. The quantitative estimate of drug-likeness (QED) is 0.722. The molecular weight excluding hydrogens is 386 g/mol. The molecule has 2 N–H and O–H groups in total. The average molecular weight is 422 g/mol. The van der Waals surface area contributed by atoms with Crippen LogP contribution < -0.4 is 5.73 Å². The Bertz CT molecular complexity index is 897. The molecule has 2 aromatic rings. The van der Waals surface area contributed by atoms with Crippen LogP contribution in [0.4, 0.5) is 0 Å². The summed E-state index contributed by atoms with van der Waals surface area (Å²) in [5, 5.41) is 0. The van der Waals surface area contributed by atoms with Gasteiger partial charge in [-0.05, 0) is 67.8 Å². The predicted molar refractivity (Wildman–Crippen MR) is 123 cm³/mol. The van der Waals surface area contributed by atoms with Crippen molar-refractivity contribution < 1.29 is 9.53 Å². The third-order valence-electron chi connectivity index (χ3n) is 7.85. The van der Waals surface area contributed by atoms with E-state index in [1.54, 1.807) is 6.20 Å². The van der Waals surface area contributed by atoms with Gasteiger partial charge < -0.3 is 15.4 Å². The molecule has 0 bridgehead atoms. The second-order valence-electron chi connectivity index (χ2n) is 9.49. The summed E-state index contributed by atoms with van der Waals surface area (Å²) in [6.07, 6.45) is 7.55. The molecule has 2 aliphatic carbocycles. The first kappa shape index (κ1) is 22.0. The summed E-state index contributed by atoms with van der Waals surface area (Å²) in [6, 6.07) is 15.3. The van der Waals surface area contributed by atoms with Crippen molar-refractivity contribution in [2.45, 2.75) is 56.6 Å². The van der Waals surface area contributed by atoms with Crippen molar-refractivity contribution in [3.8, 4) is 0 Å². The van der Waals surface area contributed by atoms with Gasteiger partial charge in [0.05, 0.1) is 5.60 Å². The Morgan fingerprint density at radius 2 is 1.97 bits per heavy atom. The van der Waals surface area contributed by atoms with Gasteiger partial charge in [-0.3, -0.25) is 9.78 Å². The van der Waals surface area contributed by atoms with Gasteiger partial charge in [0, 0.05) is 31.8 Å². The van der Waals surface area contributed by atoms with Crippen LogP contribution in [0.2, 0.25) is 0 Å². The van der Waals surface area contributed by atoms with E-state index < -0.39 is 11.5 Å². The fraction of sp³-hybridized carbons (Fsp3) is 0.538. The molecule has 0 aliphatic heterocycles. The van der Waals surface area contributed by atoms with E-state index in [9.17, 15) is 4.79 Å². The second kappa shape index (κ2) is 9.09. The minimum Gasteiger partial charge on any atom is -0.373 e. The molecule has 5 heteroatoms. The Balaban J connectivity index is 1.52. The van der Waals surface area contributed by atoms with Crippen LogP contribution in [0.3, 0.4) is 0 Å². The van der Waals surface area contributed by atoms with Crippen molar-refractivity contribution >= 4 is 5.91 Å². The van der Waals surface area contributed by atoms with Crippen LogP contribution in [0.1, 0.15) is 66.6 Å². The number of hydrogen-bond acceptors (Lipinski definition) is 4. The van der Waals surface area contributed by atoms with E-state index in [4.69, 9.17) is 10.5 Å². The Labute approximate surface area is 186 Å². The largest absolute Gasteiger partial charge is 0.373 e. The van der Waals surface area contributed by atoms with Crippen molar-refractivity contribution in [2.24, 2.45) is 17.6 Å². The lowest BCUT2D eigenvalue weighted by Gasteiger charge is -2.51. The number of primary amides is 1. The van der Waals surface area contributed by atoms with Crippen LogP contribution in [0, 0.1) is 11.8 Å². The fourth-order valence-corrected chi connectivity index (χ4v) is 5.98. The smallest absolute Gasteiger partial charge is 0.267 e. The molecule has 1 amide bonds. The molecule has 5 nitrogen and oxygen atoms in total. The lowest BCUT2D eigenvalue weighted by atomic mass is 9.65. The van der Waals surface area contributed by atoms with Crippen molar-refractivity contribution in [3.63, 3.8) is 0 Å². The van der Waals surface area contributed by atoms with Crippen molar-refractivity contribution in [3.05, 3.63) is 65.5 Å². The van der Waals surface area contributed by atoms with E-state index in [1.807, 2.05) is 19.2 Å². The number of hydrogen-bond donors (Lipinski definition) is 1. The van der Waals surface area contributed by atoms with Gasteiger partial charge in [0.15, 0.2) is 0 Å². The molecule has 31 heavy (non-hydrogen) atoms. The molecule has 2 saturated carbocycles. The molecule has 1 aromatic carbocycles. The third kappa shape index (κ3) is 4.13. The Hall–Kier alpha value is -2.24. The lowest BCUT2D eigenvalue weighted by Crippen LogP contribution is -2.52. The lowest BCUT2D eigenvalue weighted by molar-refractivity contribution is -0.135. The molecule has 3 unspecified atom stereocenters. The van der Waals surface area contributed by atoms with Crippen LogP contribution >= 0.6 is 0 Å². The van der Waals surface area contributed by atoms with Gasteiger partial charge >= 0.3 is 0 Å². The van der Waals surface area contributed by atoms with E-state index in [0.29, 0.717) is 29.5 Å². The highest BCUT2D eigenvalue weighted by Gasteiger charge is 2.48. The maximum Gasteiger partial charge on any atom is 0.267 e. The summed E-state index contributed by atoms with van der Waals surface area (Å²) in [6.45, 7) is 3.26. The zero-order valence-electron chi connectivity index (χ0n) is 19.0. The van der Waals surface area contributed by atoms with Gasteiger partial charge in [-0.2, -0.15) is 0 Å². The van der Waals surface area contributed by atoms with Crippen LogP contribution in [0.25, 0.3) is 0 Å². The van der Waals surface area contributed by atoms with Crippen molar-refractivity contribution in [1.82, 2.24) is 9.88 Å². The summed E-state index contributed by atoms with van der Waals surface area (Å²) < 4.78 is 6.34. The summed E-state index contributed by atoms with van der Waals surface area (Å²) >= 11 is 0. The number of nitrogens with zero attached hydrogens (tertiary/aromatic N) is 2. The number of methoxy groups -OCH3 is 1. The first-order valence-corrected chi connectivity index (χ1v) is 11.5. The van der Waals surface area contributed by atoms with Crippen molar-refractivity contribution in [2.75, 3.05) is 20.7 Å².